The van der Waals surface area contributed by atoms with E-state index >= 15 is 0 Å². The quantitative estimate of drug-likeness (QED) is 0.216. The number of amides is 4. The summed E-state index contributed by atoms with van der Waals surface area (Å²) in [6, 6.07) is 12.6. The first-order chi connectivity index (χ1) is 19.8. The zero-order valence-electron chi connectivity index (χ0n) is 23.0. The van der Waals surface area contributed by atoms with E-state index in [1.165, 1.54) is 43.3 Å². The molecule has 0 aliphatic heterocycles. The number of aryl methyl sites for hydroxylation is 3. The fourth-order valence-corrected chi connectivity index (χ4v) is 4.42. The minimum Gasteiger partial charge on any atom is -0.351 e. The Balaban J connectivity index is 2.12. The van der Waals surface area contributed by atoms with Crippen molar-refractivity contribution in [3.63, 3.8) is 0 Å². The second-order valence-corrected chi connectivity index (χ2v) is 9.86. The number of urea groups is 1. The van der Waals surface area contributed by atoms with Gasteiger partial charge < -0.3 is 21.7 Å². The number of hydrogen-bond donors (Lipinski definition) is 5. The first-order valence-electron chi connectivity index (χ1n) is 12.5. The molecule has 13 nitrogen and oxygen atoms in total. The first-order valence-corrected chi connectivity index (χ1v) is 12.9. The molecule has 3 aromatic carbocycles. The molecule has 5 N–H and O–H groups in total. The third-order valence-electron chi connectivity index (χ3n) is 6.40. The number of benzene rings is 3. The van der Waals surface area contributed by atoms with Crippen molar-refractivity contribution in [2.45, 2.75) is 27.7 Å². The molecule has 1 aromatic heterocycles. The molecule has 4 aromatic rings. The number of primary amides is 1. The fourth-order valence-electron chi connectivity index (χ4n) is 4.30. The zero-order valence-corrected chi connectivity index (χ0v) is 23.9. The van der Waals surface area contributed by atoms with Gasteiger partial charge in [-0.1, -0.05) is 30.8 Å². The molecule has 0 saturated heterocycles. The van der Waals surface area contributed by atoms with Crippen molar-refractivity contribution >= 4 is 46.9 Å². The Morgan fingerprint density at radius 2 is 0.952 bits per heavy atom. The van der Waals surface area contributed by atoms with E-state index in [0.29, 0.717) is 22.4 Å². The van der Waals surface area contributed by atoms with Gasteiger partial charge in [0.2, 0.25) is 5.91 Å². The van der Waals surface area contributed by atoms with Crippen molar-refractivity contribution in [3.8, 4) is 17.1 Å². The molecule has 0 unspecified atom stereocenters. The summed E-state index contributed by atoms with van der Waals surface area (Å²) >= 11 is 3.74. The van der Waals surface area contributed by atoms with Crippen LogP contribution in [0.1, 0.15) is 23.6 Å². The summed E-state index contributed by atoms with van der Waals surface area (Å²) in [7, 11) is 0. The Morgan fingerprint density at radius 3 is 1.26 bits per heavy atom. The minimum atomic E-state index is -1.02. The van der Waals surface area contributed by atoms with Gasteiger partial charge in [0.25, 0.3) is 5.24 Å². The number of rotatable bonds is 6. The predicted molar refractivity (Wildman–Crippen MR) is 163 cm³/mol. The number of carbonyl (C=O) groups excluding carboxylic acids is 3. The van der Waals surface area contributed by atoms with Crippen LogP contribution >= 0.6 is 12.6 Å². The van der Waals surface area contributed by atoms with Crippen LogP contribution in [0.25, 0.3) is 17.1 Å². The van der Waals surface area contributed by atoms with Gasteiger partial charge in [-0.2, -0.15) is 0 Å². The topological polar surface area (TPSA) is 179 Å². The van der Waals surface area contributed by atoms with Crippen molar-refractivity contribution in [2.75, 3.05) is 16.0 Å². The molecular weight excluding hydrogens is 562 g/mol. The molecule has 0 saturated carbocycles. The standard InChI is InChI=1S/C28H27N7O6S/c1-14-5-8-18(11-21(14)30-17(4)36)33-26(39)34(19-9-6-15(2)22(12-19)31-24(29)37)28(41)35(27(33)40)20-10-7-16(3)23(13-20)32-25(38)42/h5-13H,1-4H3,(H,30,36)(H3,29,31,37)(H2,32,38,42). The second kappa shape index (κ2) is 11.6. The van der Waals surface area contributed by atoms with Crippen LogP contribution in [-0.4, -0.2) is 30.9 Å². The van der Waals surface area contributed by atoms with Gasteiger partial charge in [0, 0.05) is 24.0 Å². The normalized spacial score (nSPS) is 10.7. The third kappa shape index (κ3) is 5.88. The molecule has 216 valence electrons. The van der Waals surface area contributed by atoms with Crippen LogP contribution in [-0.2, 0) is 4.79 Å². The lowest BCUT2D eigenvalue weighted by Gasteiger charge is -2.17. The second-order valence-electron chi connectivity index (χ2n) is 9.45. The molecule has 0 aliphatic carbocycles. The Hall–Kier alpha value is -5.37. The summed E-state index contributed by atoms with van der Waals surface area (Å²) in [5.74, 6) is -0.363. The molecule has 0 bridgehead atoms. The van der Waals surface area contributed by atoms with Crippen LogP contribution in [0.3, 0.4) is 0 Å². The fraction of sp³-hybridized carbons (Fsp3) is 0.143. The first kappa shape index (κ1) is 29.6. The van der Waals surface area contributed by atoms with E-state index in [9.17, 15) is 28.8 Å². The van der Waals surface area contributed by atoms with Gasteiger partial charge in [0.1, 0.15) is 0 Å². The van der Waals surface area contributed by atoms with E-state index in [-0.39, 0.29) is 34.3 Å². The highest BCUT2D eigenvalue weighted by atomic mass is 32.1. The highest BCUT2D eigenvalue weighted by Gasteiger charge is 2.21. The number of hydrogen-bond acceptors (Lipinski definition) is 6. The molecule has 0 spiro atoms. The van der Waals surface area contributed by atoms with Crippen molar-refractivity contribution in [1.29, 1.82) is 0 Å². The van der Waals surface area contributed by atoms with Gasteiger partial charge in [-0.3, -0.25) is 9.59 Å². The Labute approximate surface area is 244 Å². The zero-order chi connectivity index (χ0) is 30.9. The number of nitrogens with one attached hydrogen (secondary N) is 3. The Morgan fingerprint density at radius 1 is 0.619 bits per heavy atom. The van der Waals surface area contributed by atoms with Gasteiger partial charge >= 0.3 is 23.1 Å². The maximum atomic E-state index is 13.9. The molecule has 0 fully saturated rings. The summed E-state index contributed by atoms with van der Waals surface area (Å²) in [6.07, 6.45) is 0. The van der Waals surface area contributed by atoms with E-state index in [1.807, 2.05) is 0 Å². The number of aromatic nitrogens is 3. The smallest absolute Gasteiger partial charge is 0.345 e. The Kier molecular flexibility index (Phi) is 8.19. The summed E-state index contributed by atoms with van der Waals surface area (Å²) in [4.78, 5) is 76.8. The number of nitrogens with zero attached hydrogens (tertiary/aromatic N) is 3. The average Bonchev–Trinajstić information content (AvgIpc) is 2.88. The molecule has 0 atom stereocenters. The lowest BCUT2D eigenvalue weighted by atomic mass is 10.1. The predicted octanol–water partition coefficient (Wildman–Crippen LogP) is 2.98. The number of anilines is 3. The van der Waals surface area contributed by atoms with Crippen molar-refractivity contribution in [1.82, 2.24) is 13.7 Å². The number of carbonyl (C=O) groups is 3. The van der Waals surface area contributed by atoms with Crippen LogP contribution in [0.4, 0.5) is 26.7 Å². The lowest BCUT2D eigenvalue weighted by molar-refractivity contribution is -0.114. The molecule has 42 heavy (non-hydrogen) atoms. The van der Waals surface area contributed by atoms with Crippen LogP contribution in [0.2, 0.25) is 0 Å². The molecule has 4 rings (SSSR count). The van der Waals surface area contributed by atoms with Crippen LogP contribution in [0.15, 0.2) is 69.0 Å². The van der Waals surface area contributed by atoms with Crippen LogP contribution < -0.4 is 38.8 Å². The maximum Gasteiger partial charge on any atom is 0.345 e. The van der Waals surface area contributed by atoms with E-state index in [4.69, 9.17) is 5.73 Å². The average molecular weight is 590 g/mol. The van der Waals surface area contributed by atoms with E-state index in [0.717, 1.165) is 13.7 Å². The molecule has 4 amide bonds. The summed E-state index contributed by atoms with van der Waals surface area (Å²) in [6.45, 7) is 6.45. The number of thiol groups is 1. The maximum absolute atomic E-state index is 13.9. The van der Waals surface area contributed by atoms with Gasteiger partial charge in [0.05, 0.1) is 17.1 Å². The van der Waals surface area contributed by atoms with E-state index < -0.39 is 28.3 Å². The monoisotopic (exact) mass is 589 g/mol. The molecular formula is C28H27N7O6S. The van der Waals surface area contributed by atoms with Gasteiger partial charge in [-0.25, -0.2) is 32.9 Å². The molecule has 1 heterocycles. The summed E-state index contributed by atoms with van der Waals surface area (Å²) < 4.78 is 2.32. The third-order valence-corrected chi connectivity index (χ3v) is 6.51. The van der Waals surface area contributed by atoms with Gasteiger partial charge in [-0.15, -0.1) is 0 Å². The van der Waals surface area contributed by atoms with Crippen LogP contribution in [0.5, 0.6) is 0 Å². The molecule has 14 heteroatoms. The largest absolute Gasteiger partial charge is 0.351 e. The Bertz CT molecular complexity index is 1710. The molecule has 0 aliphatic rings. The van der Waals surface area contributed by atoms with Crippen molar-refractivity contribution < 1.29 is 14.4 Å². The summed E-state index contributed by atoms with van der Waals surface area (Å²) in [5.41, 5.74) is 5.19. The van der Waals surface area contributed by atoms with Gasteiger partial charge in [0.15, 0.2) is 0 Å². The van der Waals surface area contributed by atoms with E-state index in [1.54, 1.807) is 39.0 Å². The van der Waals surface area contributed by atoms with E-state index in [2.05, 4.69) is 28.6 Å². The minimum absolute atomic E-state index is 0.0343. The highest BCUT2D eigenvalue weighted by Crippen LogP contribution is 2.22. The number of nitrogens with two attached hydrogens (primary N) is 1. The van der Waals surface area contributed by atoms with Crippen LogP contribution in [0, 0.1) is 20.8 Å². The van der Waals surface area contributed by atoms with Gasteiger partial charge in [-0.05, 0) is 73.9 Å². The van der Waals surface area contributed by atoms with Crippen molar-refractivity contribution in [2.24, 2.45) is 5.73 Å². The lowest BCUT2D eigenvalue weighted by Crippen LogP contribution is -2.52. The highest BCUT2D eigenvalue weighted by molar-refractivity contribution is 7.96. The summed E-state index contributed by atoms with van der Waals surface area (Å²) in [5, 5.41) is 6.97. The SMILES string of the molecule is CC(=O)Nc1cc(-n2c(=O)n(-c3ccc(C)c(NC(N)=O)c3)c(=O)n(-c3ccc(C)c(NC(=O)S)c3)c2=O)ccc1C. The molecule has 0 radical (unpaired) electrons. The van der Waals surface area contributed by atoms with Crippen molar-refractivity contribution in [3.05, 3.63) is 103 Å².